The topological polar surface area (TPSA) is 45.1 Å². The van der Waals surface area contributed by atoms with Crippen molar-refractivity contribution < 1.29 is 5.11 Å². The number of hydrogen-bond donors (Lipinski definition) is 2. The number of nitrogens with one attached hydrogen (secondary N) is 1. The lowest BCUT2D eigenvalue weighted by Crippen LogP contribution is -2.51. The van der Waals surface area contributed by atoms with E-state index in [1.165, 1.54) is 24.8 Å². The van der Waals surface area contributed by atoms with Crippen molar-refractivity contribution >= 4 is 0 Å². The van der Waals surface area contributed by atoms with E-state index in [0.717, 1.165) is 13.0 Å². The molecule has 3 heteroatoms. The van der Waals surface area contributed by atoms with Gasteiger partial charge in [0.1, 0.15) is 0 Å². The van der Waals surface area contributed by atoms with Crippen LogP contribution in [0.4, 0.5) is 0 Å². The molecule has 1 fully saturated rings. The summed E-state index contributed by atoms with van der Waals surface area (Å²) in [6.07, 6.45) is 8.17. The highest BCUT2D eigenvalue weighted by Gasteiger charge is 2.35. The van der Waals surface area contributed by atoms with Gasteiger partial charge in [0.2, 0.25) is 0 Å². The van der Waals surface area contributed by atoms with Crippen molar-refractivity contribution in [1.82, 2.24) is 10.3 Å². The molecule has 1 heterocycles. The van der Waals surface area contributed by atoms with Gasteiger partial charge in [0.05, 0.1) is 0 Å². The lowest BCUT2D eigenvalue weighted by Gasteiger charge is -2.42. The Hall–Kier alpha value is -0.930. The summed E-state index contributed by atoms with van der Waals surface area (Å²) in [6.45, 7) is 1.16. The van der Waals surface area contributed by atoms with E-state index in [9.17, 15) is 0 Å². The van der Waals surface area contributed by atoms with E-state index >= 15 is 0 Å². The quantitative estimate of drug-likeness (QED) is 0.767. The minimum absolute atomic E-state index is 0.206. The fraction of sp³-hybridized carbons (Fsp3) is 0.583. The van der Waals surface area contributed by atoms with Crippen molar-refractivity contribution in [1.29, 1.82) is 0 Å². The summed E-state index contributed by atoms with van der Waals surface area (Å²) < 4.78 is 0. The highest BCUT2D eigenvalue weighted by Crippen LogP contribution is 2.34. The number of nitrogens with zero attached hydrogens (tertiary/aromatic N) is 1. The van der Waals surface area contributed by atoms with E-state index in [0.29, 0.717) is 0 Å². The lowest BCUT2D eigenvalue weighted by atomic mass is 9.74. The van der Waals surface area contributed by atoms with Gasteiger partial charge in [-0.15, -0.1) is 0 Å². The maximum atomic E-state index is 9.01. The number of aliphatic hydroxyl groups is 1. The predicted octanol–water partition coefficient (Wildman–Crippen LogP) is 1.48. The largest absolute Gasteiger partial charge is 0.396 e. The van der Waals surface area contributed by atoms with Crippen LogP contribution in [0.15, 0.2) is 24.5 Å². The normalized spacial score (nSPS) is 18.5. The molecule has 82 valence electrons. The highest BCUT2D eigenvalue weighted by atomic mass is 16.3. The Balaban J connectivity index is 1.86. The summed E-state index contributed by atoms with van der Waals surface area (Å²) in [7, 11) is 0. The third kappa shape index (κ3) is 2.55. The van der Waals surface area contributed by atoms with Crippen LogP contribution in [0, 0.1) is 0 Å². The second-order valence-electron chi connectivity index (χ2n) is 4.32. The number of hydrogen-bond acceptors (Lipinski definition) is 3. The smallest absolute Gasteiger partial charge is 0.0448 e. The fourth-order valence-corrected chi connectivity index (χ4v) is 2.12. The summed E-state index contributed by atoms with van der Waals surface area (Å²) in [5, 5.41) is 12.6. The SMILES string of the molecule is OCCC1(NCc2ccncc2)CCC1. The van der Waals surface area contributed by atoms with Crippen LogP contribution in [0.25, 0.3) is 0 Å². The van der Waals surface area contributed by atoms with Gasteiger partial charge in [0.15, 0.2) is 0 Å². The molecule has 15 heavy (non-hydrogen) atoms. The first-order chi connectivity index (χ1) is 7.35. The molecular formula is C12H18N2O. The Labute approximate surface area is 90.5 Å². The average molecular weight is 206 g/mol. The molecule has 1 saturated carbocycles. The molecule has 3 nitrogen and oxygen atoms in total. The third-order valence-electron chi connectivity index (χ3n) is 3.32. The number of aromatic nitrogens is 1. The van der Waals surface area contributed by atoms with Crippen molar-refractivity contribution in [2.24, 2.45) is 0 Å². The maximum Gasteiger partial charge on any atom is 0.0448 e. The molecule has 0 atom stereocenters. The van der Waals surface area contributed by atoms with Gasteiger partial charge in [0, 0.05) is 31.1 Å². The van der Waals surface area contributed by atoms with Gasteiger partial charge in [0.25, 0.3) is 0 Å². The summed E-state index contributed by atoms with van der Waals surface area (Å²) in [5.74, 6) is 0. The van der Waals surface area contributed by atoms with E-state index in [1.54, 1.807) is 0 Å². The molecule has 0 saturated heterocycles. The van der Waals surface area contributed by atoms with Crippen molar-refractivity contribution in [2.75, 3.05) is 6.61 Å². The van der Waals surface area contributed by atoms with Crippen molar-refractivity contribution in [2.45, 2.75) is 37.8 Å². The molecular weight excluding hydrogens is 188 g/mol. The van der Waals surface area contributed by atoms with Crippen LogP contribution in [0.3, 0.4) is 0 Å². The first-order valence-corrected chi connectivity index (χ1v) is 5.59. The number of aliphatic hydroxyl groups excluding tert-OH is 1. The summed E-state index contributed by atoms with van der Waals surface area (Å²) >= 11 is 0. The summed E-state index contributed by atoms with van der Waals surface area (Å²) in [4.78, 5) is 3.99. The van der Waals surface area contributed by atoms with Gasteiger partial charge >= 0.3 is 0 Å². The fourth-order valence-electron chi connectivity index (χ4n) is 2.12. The molecule has 0 bridgehead atoms. The Morgan fingerprint density at radius 3 is 2.60 bits per heavy atom. The standard InChI is InChI=1S/C12H18N2O/c15-9-6-12(4-1-5-12)14-10-11-2-7-13-8-3-11/h2-3,7-8,14-15H,1,4-6,9-10H2. The van der Waals surface area contributed by atoms with Crippen molar-refractivity contribution in [3.63, 3.8) is 0 Å². The molecule has 1 aromatic heterocycles. The molecule has 0 amide bonds. The lowest BCUT2D eigenvalue weighted by molar-refractivity contribution is 0.130. The Morgan fingerprint density at radius 2 is 2.07 bits per heavy atom. The number of pyridine rings is 1. The zero-order chi connectivity index (χ0) is 10.6. The molecule has 2 N–H and O–H groups in total. The minimum atomic E-state index is 0.206. The van der Waals surface area contributed by atoms with Crippen LogP contribution in [0.1, 0.15) is 31.2 Å². The molecule has 0 unspecified atom stereocenters. The molecule has 0 aliphatic heterocycles. The van der Waals surface area contributed by atoms with Crippen molar-refractivity contribution in [3.8, 4) is 0 Å². The van der Waals surface area contributed by atoms with Crippen LogP contribution in [0.5, 0.6) is 0 Å². The molecule has 0 radical (unpaired) electrons. The second kappa shape index (κ2) is 4.73. The zero-order valence-corrected chi connectivity index (χ0v) is 8.95. The van der Waals surface area contributed by atoms with E-state index in [-0.39, 0.29) is 12.1 Å². The summed E-state index contributed by atoms with van der Waals surface area (Å²) in [6, 6.07) is 4.05. The van der Waals surface area contributed by atoms with Gasteiger partial charge < -0.3 is 10.4 Å². The van der Waals surface area contributed by atoms with Gasteiger partial charge in [-0.1, -0.05) is 0 Å². The van der Waals surface area contributed by atoms with Gasteiger partial charge in [-0.25, -0.2) is 0 Å². The van der Waals surface area contributed by atoms with E-state index < -0.39 is 0 Å². The van der Waals surface area contributed by atoms with Crippen LogP contribution < -0.4 is 5.32 Å². The first kappa shape index (κ1) is 10.6. The maximum absolute atomic E-state index is 9.01. The molecule has 1 aliphatic rings. The molecule has 0 aromatic carbocycles. The zero-order valence-electron chi connectivity index (χ0n) is 8.95. The Morgan fingerprint density at radius 1 is 1.33 bits per heavy atom. The van der Waals surface area contributed by atoms with Crippen LogP contribution in [-0.4, -0.2) is 22.2 Å². The molecule has 1 aromatic rings. The Bertz CT molecular complexity index is 296. The molecule has 2 rings (SSSR count). The second-order valence-corrected chi connectivity index (χ2v) is 4.32. The van der Waals surface area contributed by atoms with Crippen LogP contribution in [0.2, 0.25) is 0 Å². The first-order valence-electron chi connectivity index (χ1n) is 5.59. The average Bonchev–Trinajstić information content (AvgIpc) is 2.23. The van der Waals surface area contributed by atoms with Gasteiger partial charge in [-0.05, 0) is 43.4 Å². The van der Waals surface area contributed by atoms with Crippen molar-refractivity contribution in [3.05, 3.63) is 30.1 Å². The Kier molecular flexibility index (Phi) is 3.34. The van der Waals surface area contributed by atoms with E-state index in [2.05, 4.69) is 10.3 Å². The minimum Gasteiger partial charge on any atom is -0.396 e. The van der Waals surface area contributed by atoms with Crippen LogP contribution in [-0.2, 0) is 6.54 Å². The monoisotopic (exact) mass is 206 g/mol. The molecule has 1 aliphatic carbocycles. The number of rotatable bonds is 5. The highest BCUT2D eigenvalue weighted by molar-refractivity contribution is 5.10. The van der Waals surface area contributed by atoms with Crippen LogP contribution >= 0.6 is 0 Å². The summed E-state index contributed by atoms with van der Waals surface area (Å²) in [5.41, 5.74) is 1.46. The molecule has 0 spiro atoms. The predicted molar refractivity (Wildman–Crippen MR) is 59.4 cm³/mol. The third-order valence-corrected chi connectivity index (χ3v) is 3.32. The van der Waals surface area contributed by atoms with E-state index in [1.807, 2.05) is 24.5 Å². The van der Waals surface area contributed by atoms with E-state index in [4.69, 9.17) is 5.11 Å². The van der Waals surface area contributed by atoms with Gasteiger partial charge in [-0.3, -0.25) is 4.98 Å². The van der Waals surface area contributed by atoms with Gasteiger partial charge in [-0.2, -0.15) is 0 Å².